The smallest absolute Gasteiger partial charge is 0.307 e. The SMILES string of the molecule is COC(=O)C[C@H](NC(=O)Cn1nnc2ccccc21)c1ccc(Cl)cc1. The molecule has 8 heteroatoms. The van der Waals surface area contributed by atoms with Gasteiger partial charge in [0.1, 0.15) is 12.1 Å². The lowest BCUT2D eigenvalue weighted by Crippen LogP contribution is -2.33. The fourth-order valence-corrected chi connectivity index (χ4v) is 2.73. The maximum absolute atomic E-state index is 12.5. The van der Waals surface area contributed by atoms with E-state index in [1.165, 1.54) is 11.8 Å². The molecule has 7 nitrogen and oxygen atoms in total. The van der Waals surface area contributed by atoms with Gasteiger partial charge in [-0.05, 0) is 29.8 Å². The number of carbonyl (C=O) groups is 2. The van der Waals surface area contributed by atoms with Crippen molar-refractivity contribution in [2.45, 2.75) is 19.0 Å². The fraction of sp³-hybridized carbons (Fsp3) is 0.222. The number of aromatic nitrogens is 3. The minimum atomic E-state index is -0.526. The Kier molecular flexibility index (Phi) is 5.48. The molecule has 3 rings (SSSR count). The van der Waals surface area contributed by atoms with E-state index in [0.29, 0.717) is 10.5 Å². The van der Waals surface area contributed by atoms with Crippen LogP contribution < -0.4 is 5.32 Å². The predicted molar refractivity (Wildman–Crippen MR) is 96.5 cm³/mol. The number of para-hydroxylation sites is 1. The van der Waals surface area contributed by atoms with Gasteiger partial charge in [-0.3, -0.25) is 9.59 Å². The van der Waals surface area contributed by atoms with E-state index in [-0.39, 0.29) is 18.9 Å². The molecule has 0 aliphatic rings. The Morgan fingerprint density at radius 2 is 1.92 bits per heavy atom. The van der Waals surface area contributed by atoms with Crippen molar-refractivity contribution in [2.75, 3.05) is 7.11 Å². The molecule has 0 saturated carbocycles. The maximum Gasteiger partial charge on any atom is 0.307 e. The summed E-state index contributed by atoms with van der Waals surface area (Å²) in [5, 5.41) is 11.4. The Labute approximate surface area is 154 Å². The first-order chi connectivity index (χ1) is 12.6. The molecule has 3 aromatic rings. The highest BCUT2D eigenvalue weighted by molar-refractivity contribution is 6.30. The highest BCUT2D eigenvalue weighted by Gasteiger charge is 2.20. The number of nitrogens with one attached hydrogen (secondary N) is 1. The van der Waals surface area contributed by atoms with E-state index in [2.05, 4.69) is 15.6 Å². The summed E-state index contributed by atoms with van der Waals surface area (Å²) in [5.41, 5.74) is 2.24. The summed E-state index contributed by atoms with van der Waals surface area (Å²) in [6.45, 7) is -0.00816. The standard InChI is InChI=1S/C18H17ClN4O3/c1-26-18(25)10-15(12-6-8-13(19)9-7-12)20-17(24)11-23-16-5-3-2-4-14(16)21-22-23/h2-9,15H,10-11H2,1H3,(H,20,24)/t15-/m0/s1. The number of halogens is 1. The van der Waals surface area contributed by atoms with Crippen LogP contribution in [0.2, 0.25) is 5.02 Å². The van der Waals surface area contributed by atoms with Crippen molar-refractivity contribution in [3.05, 3.63) is 59.1 Å². The lowest BCUT2D eigenvalue weighted by molar-refractivity contribution is -0.141. The van der Waals surface area contributed by atoms with Crippen LogP contribution in [0.15, 0.2) is 48.5 Å². The summed E-state index contributed by atoms with van der Waals surface area (Å²) >= 11 is 5.91. The Hall–Kier alpha value is -2.93. The average molecular weight is 373 g/mol. The molecule has 0 saturated heterocycles. The van der Waals surface area contributed by atoms with Gasteiger partial charge in [-0.1, -0.05) is 41.1 Å². The van der Waals surface area contributed by atoms with E-state index in [9.17, 15) is 9.59 Å². The summed E-state index contributed by atoms with van der Waals surface area (Å²) in [6.07, 6.45) is 0.0159. The number of nitrogens with zero attached hydrogens (tertiary/aromatic N) is 3. The second kappa shape index (κ2) is 7.97. The molecule has 26 heavy (non-hydrogen) atoms. The van der Waals surface area contributed by atoms with Crippen molar-refractivity contribution in [3.63, 3.8) is 0 Å². The summed E-state index contributed by atoms with van der Waals surface area (Å²) in [5.74, 6) is -0.707. The van der Waals surface area contributed by atoms with Crippen LogP contribution in [0.4, 0.5) is 0 Å². The van der Waals surface area contributed by atoms with E-state index in [1.54, 1.807) is 24.3 Å². The maximum atomic E-state index is 12.5. The molecule has 1 atom stereocenters. The largest absolute Gasteiger partial charge is 0.469 e. The molecule has 0 fully saturated rings. The lowest BCUT2D eigenvalue weighted by Gasteiger charge is -2.18. The third-order valence-electron chi connectivity index (χ3n) is 3.92. The molecule has 134 valence electrons. The van der Waals surface area contributed by atoms with Crippen molar-refractivity contribution in [3.8, 4) is 0 Å². The summed E-state index contributed by atoms with van der Waals surface area (Å²) in [4.78, 5) is 24.2. The van der Waals surface area contributed by atoms with Crippen molar-refractivity contribution in [1.82, 2.24) is 20.3 Å². The normalized spacial score (nSPS) is 11.9. The van der Waals surface area contributed by atoms with E-state index in [0.717, 1.165) is 11.1 Å². The second-order valence-electron chi connectivity index (χ2n) is 5.69. The van der Waals surface area contributed by atoms with Crippen LogP contribution in [0.5, 0.6) is 0 Å². The van der Waals surface area contributed by atoms with Crippen LogP contribution in [0.1, 0.15) is 18.0 Å². The molecule has 1 N–H and O–H groups in total. The van der Waals surface area contributed by atoms with Gasteiger partial charge in [0.2, 0.25) is 5.91 Å². The Balaban J connectivity index is 1.76. The first-order valence-corrected chi connectivity index (χ1v) is 8.34. The molecule has 0 aliphatic carbocycles. The molecule has 1 amide bonds. The number of amides is 1. The molecule has 1 aromatic heterocycles. The van der Waals surface area contributed by atoms with Crippen LogP contribution in [-0.2, 0) is 20.9 Å². The number of esters is 1. The van der Waals surface area contributed by atoms with Gasteiger partial charge < -0.3 is 10.1 Å². The minimum absolute atomic E-state index is 0.00816. The quantitative estimate of drug-likeness (QED) is 0.672. The van der Waals surface area contributed by atoms with Crippen molar-refractivity contribution < 1.29 is 14.3 Å². The highest BCUT2D eigenvalue weighted by atomic mass is 35.5. The van der Waals surface area contributed by atoms with Crippen LogP contribution in [0.3, 0.4) is 0 Å². The fourth-order valence-electron chi connectivity index (χ4n) is 2.61. The van der Waals surface area contributed by atoms with Gasteiger partial charge in [-0.2, -0.15) is 0 Å². The predicted octanol–water partition coefficient (Wildman–Crippen LogP) is 2.51. The van der Waals surface area contributed by atoms with E-state index >= 15 is 0 Å². The van der Waals surface area contributed by atoms with Gasteiger partial charge in [0.25, 0.3) is 0 Å². The highest BCUT2D eigenvalue weighted by Crippen LogP contribution is 2.20. The number of carbonyl (C=O) groups excluding carboxylic acids is 2. The van der Waals surface area contributed by atoms with Gasteiger partial charge in [-0.25, -0.2) is 4.68 Å². The number of benzene rings is 2. The molecule has 0 aliphatic heterocycles. The van der Waals surface area contributed by atoms with Crippen LogP contribution in [0, 0.1) is 0 Å². The van der Waals surface area contributed by atoms with E-state index < -0.39 is 12.0 Å². The van der Waals surface area contributed by atoms with Crippen molar-refractivity contribution in [2.24, 2.45) is 0 Å². The zero-order chi connectivity index (χ0) is 18.5. The van der Waals surface area contributed by atoms with Crippen molar-refractivity contribution >= 4 is 34.5 Å². The van der Waals surface area contributed by atoms with Crippen LogP contribution >= 0.6 is 11.6 Å². The Bertz CT molecular complexity index is 924. The number of rotatable bonds is 6. The van der Waals surface area contributed by atoms with Gasteiger partial charge in [-0.15, -0.1) is 5.10 Å². The monoisotopic (exact) mass is 372 g/mol. The van der Waals surface area contributed by atoms with E-state index in [4.69, 9.17) is 16.3 Å². The van der Waals surface area contributed by atoms with Gasteiger partial charge in [0, 0.05) is 5.02 Å². The average Bonchev–Trinajstić information content (AvgIpc) is 3.04. The molecular formula is C18H17ClN4O3. The van der Waals surface area contributed by atoms with Gasteiger partial charge in [0.15, 0.2) is 0 Å². The molecule has 1 heterocycles. The number of hydrogen-bond donors (Lipinski definition) is 1. The Morgan fingerprint density at radius 1 is 1.19 bits per heavy atom. The topological polar surface area (TPSA) is 86.1 Å². The third kappa shape index (κ3) is 4.18. The number of hydrogen-bond acceptors (Lipinski definition) is 5. The first-order valence-electron chi connectivity index (χ1n) is 7.96. The van der Waals surface area contributed by atoms with Gasteiger partial charge in [0.05, 0.1) is 25.1 Å². The van der Waals surface area contributed by atoms with Gasteiger partial charge >= 0.3 is 5.97 Å². The molecule has 0 unspecified atom stereocenters. The van der Waals surface area contributed by atoms with Crippen molar-refractivity contribution in [1.29, 1.82) is 0 Å². The number of fused-ring (bicyclic) bond motifs is 1. The zero-order valence-corrected chi connectivity index (χ0v) is 14.8. The second-order valence-corrected chi connectivity index (χ2v) is 6.12. The minimum Gasteiger partial charge on any atom is -0.469 e. The number of methoxy groups -OCH3 is 1. The molecule has 0 spiro atoms. The summed E-state index contributed by atoms with van der Waals surface area (Å²) in [6, 6.07) is 13.8. The Morgan fingerprint density at radius 3 is 2.65 bits per heavy atom. The first kappa shape index (κ1) is 17.9. The summed E-state index contributed by atoms with van der Waals surface area (Å²) < 4.78 is 6.24. The molecule has 0 radical (unpaired) electrons. The number of ether oxygens (including phenoxy) is 1. The molecule has 2 aromatic carbocycles. The molecular weight excluding hydrogens is 356 g/mol. The third-order valence-corrected chi connectivity index (χ3v) is 4.17. The van der Waals surface area contributed by atoms with Crippen LogP contribution in [-0.4, -0.2) is 34.0 Å². The summed E-state index contributed by atoms with van der Waals surface area (Å²) in [7, 11) is 1.31. The lowest BCUT2D eigenvalue weighted by atomic mass is 10.0. The van der Waals surface area contributed by atoms with E-state index in [1.807, 2.05) is 24.3 Å². The van der Waals surface area contributed by atoms with Crippen LogP contribution in [0.25, 0.3) is 11.0 Å². The molecule has 0 bridgehead atoms. The zero-order valence-electron chi connectivity index (χ0n) is 14.1.